The Hall–Kier alpha value is 0.250. The Balaban J connectivity index is 0. The normalized spacial score (nSPS) is 3.80. The molecule has 0 bridgehead atoms. The standard InChI is InChI=1S/CHClO.CH3Cl/c2-1-3;1-2/h1H;1H3. The lowest BCUT2D eigenvalue weighted by Crippen LogP contribution is -1.24. The molecule has 0 spiro atoms. The van der Waals surface area contributed by atoms with Gasteiger partial charge in [-0.3, -0.25) is 4.79 Å². The fraction of sp³-hybridized carbons (Fsp3) is 0.500. The molecule has 0 heterocycles. The van der Waals surface area contributed by atoms with Crippen LogP contribution in [0.4, 0.5) is 0 Å². The van der Waals surface area contributed by atoms with Crippen molar-refractivity contribution in [2.45, 2.75) is 0 Å². The summed E-state index contributed by atoms with van der Waals surface area (Å²) in [5.41, 5.74) is 0. The van der Waals surface area contributed by atoms with Crippen molar-refractivity contribution in [3.63, 3.8) is 0 Å². The molecule has 5 heavy (non-hydrogen) atoms. The van der Waals surface area contributed by atoms with Crippen molar-refractivity contribution in [3.8, 4) is 0 Å². The largest absolute Gasteiger partial charge is 0.285 e. The lowest BCUT2D eigenvalue weighted by Gasteiger charge is -1.20. The molecule has 0 rings (SSSR count). The van der Waals surface area contributed by atoms with Crippen LogP contribution < -0.4 is 0 Å². The summed E-state index contributed by atoms with van der Waals surface area (Å²) >= 11 is 8.96. The van der Waals surface area contributed by atoms with Gasteiger partial charge in [-0.15, -0.1) is 11.6 Å². The SMILES string of the molecule is CCl.O=CCl. The predicted molar refractivity (Wildman–Crippen MR) is 24.4 cm³/mol. The second-order valence-electron chi connectivity index (χ2n) is 0.0891. The van der Waals surface area contributed by atoms with Gasteiger partial charge in [-0.2, -0.15) is 0 Å². The van der Waals surface area contributed by atoms with E-state index in [9.17, 15) is 0 Å². The monoisotopic (exact) mass is 114 g/mol. The summed E-state index contributed by atoms with van der Waals surface area (Å²) in [5, 5.41) is 0. The minimum absolute atomic E-state index is 0.222. The molecular formula is C2H4Cl2O. The second-order valence-corrected chi connectivity index (χ2v) is 0.267. The average Bonchev–Trinajstić information content (AvgIpc) is 1.46. The Labute approximate surface area is 40.9 Å². The molecule has 0 aromatic heterocycles. The third kappa shape index (κ3) is 344. The number of halogens is 2. The summed E-state index contributed by atoms with van der Waals surface area (Å²) in [6, 6.07) is 0. The molecule has 0 amide bonds. The molecule has 1 nitrogen and oxygen atoms in total. The van der Waals surface area contributed by atoms with Crippen LogP contribution in [0.25, 0.3) is 0 Å². The van der Waals surface area contributed by atoms with Gasteiger partial charge >= 0.3 is 0 Å². The molecule has 0 aliphatic carbocycles. The van der Waals surface area contributed by atoms with E-state index in [2.05, 4.69) is 23.2 Å². The number of alkyl halides is 1. The van der Waals surface area contributed by atoms with Gasteiger partial charge in [-0.1, -0.05) is 0 Å². The summed E-state index contributed by atoms with van der Waals surface area (Å²) in [5.74, 6) is 0.222. The fourth-order valence-electron chi connectivity index (χ4n) is 0. The summed E-state index contributed by atoms with van der Waals surface area (Å²) in [7, 11) is 0. The number of hydrogen-bond donors (Lipinski definition) is 0. The van der Waals surface area contributed by atoms with E-state index in [-0.39, 0.29) is 5.75 Å². The minimum Gasteiger partial charge on any atom is -0.285 e. The lowest BCUT2D eigenvalue weighted by atomic mass is 11.8. The first-order valence-electron chi connectivity index (χ1n) is 0.832. The van der Waals surface area contributed by atoms with Gasteiger partial charge in [-0.05, 0) is 11.6 Å². The number of rotatable bonds is 0. The maximum Gasteiger partial charge on any atom is 0.208 e. The van der Waals surface area contributed by atoms with Crippen LogP contribution in [-0.4, -0.2) is 12.1 Å². The van der Waals surface area contributed by atoms with Gasteiger partial charge in [0, 0.05) is 6.38 Å². The Kier molecular flexibility index (Phi) is 51.6. The summed E-state index contributed by atoms with van der Waals surface area (Å²) in [6.45, 7) is 0. The van der Waals surface area contributed by atoms with E-state index >= 15 is 0 Å². The quantitative estimate of drug-likeness (QED) is 0.264. The van der Waals surface area contributed by atoms with Gasteiger partial charge in [-0.25, -0.2) is 0 Å². The number of hydrogen-bond acceptors (Lipinski definition) is 1. The van der Waals surface area contributed by atoms with Crippen molar-refractivity contribution < 1.29 is 4.79 Å². The zero-order chi connectivity index (χ0) is 4.71. The topological polar surface area (TPSA) is 17.1 Å². The van der Waals surface area contributed by atoms with Crippen LogP contribution in [0.3, 0.4) is 0 Å². The number of carbonyl (C=O) groups is 1. The zero-order valence-electron chi connectivity index (χ0n) is 2.74. The average molecular weight is 115 g/mol. The first-order chi connectivity index (χ1) is 2.41. The van der Waals surface area contributed by atoms with Gasteiger partial charge in [0.1, 0.15) is 0 Å². The molecule has 0 saturated carbocycles. The minimum atomic E-state index is 0.222. The highest BCUT2D eigenvalue weighted by Gasteiger charge is 1.28. The van der Waals surface area contributed by atoms with Crippen LogP contribution in [0.15, 0.2) is 0 Å². The van der Waals surface area contributed by atoms with E-state index in [1.807, 2.05) is 0 Å². The Morgan fingerprint density at radius 1 is 1.60 bits per heavy atom. The van der Waals surface area contributed by atoms with Gasteiger partial charge in [0.05, 0.1) is 0 Å². The van der Waals surface area contributed by atoms with Gasteiger partial charge in [0.2, 0.25) is 5.75 Å². The Morgan fingerprint density at radius 2 is 1.60 bits per heavy atom. The van der Waals surface area contributed by atoms with Crippen LogP contribution in [-0.2, 0) is 4.79 Å². The Morgan fingerprint density at radius 3 is 1.60 bits per heavy atom. The summed E-state index contributed by atoms with van der Waals surface area (Å²) in [6.07, 6.45) is 1.47. The van der Waals surface area contributed by atoms with Crippen molar-refractivity contribution >= 4 is 28.9 Å². The summed E-state index contributed by atoms with van der Waals surface area (Å²) in [4.78, 5) is 8.57. The molecule has 0 unspecified atom stereocenters. The highest BCUT2D eigenvalue weighted by molar-refractivity contribution is 6.54. The molecule has 3 heteroatoms. The number of carbonyl (C=O) groups excluding carboxylic acids is 1. The molecule has 0 saturated heterocycles. The van der Waals surface area contributed by atoms with Crippen molar-refractivity contribution in [1.29, 1.82) is 0 Å². The zero-order valence-corrected chi connectivity index (χ0v) is 4.25. The van der Waals surface area contributed by atoms with E-state index in [0.29, 0.717) is 0 Å². The molecule has 0 atom stereocenters. The molecule has 0 aromatic carbocycles. The smallest absolute Gasteiger partial charge is 0.208 e. The second kappa shape index (κ2) is 28.7. The molecule has 0 aromatic rings. The van der Waals surface area contributed by atoms with Crippen LogP contribution in [0.2, 0.25) is 0 Å². The van der Waals surface area contributed by atoms with Gasteiger partial charge in [0.15, 0.2) is 0 Å². The van der Waals surface area contributed by atoms with Crippen LogP contribution in [0, 0.1) is 0 Å². The molecule has 32 valence electrons. The maximum absolute atomic E-state index is 8.57. The molecule has 0 fully saturated rings. The third-order valence-corrected chi connectivity index (χ3v) is 0. The fourth-order valence-corrected chi connectivity index (χ4v) is 0. The molecular weight excluding hydrogens is 111 g/mol. The molecule has 0 radical (unpaired) electrons. The van der Waals surface area contributed by atoms with Crippen LogP contribution in [0.1, 0.15) is 0 Å². The van der Waals surface area contributed by atoms with E-state index in [4.69, 9.17) is 4.79 Å². The third-order valence-electron chi connectivity index (χ3n) is 0. The van der Waals surface area contributed by atoms with E-state index in [1.165, 1.54) is 6.38 Å². The predicted octanol–water partition coefficient (Wildman–Crippen LogP) is 1.27. The van der Waals surface area contributed by atoms with Gasteiger partial charge < -0.3 is 0 Å². The van der Waals surface area contributed by atoms with Crippen molar-refractivity contribution in [2.75, 3.05) is 6.38 Å². The molecule has 0 aliphatic heterocycles. The van der Waals surface area contributed by atoms with Crippen molar-refractivity contribution in [3.05, 3.63) is 0 Å². The highest BCUT2D eigenvalue weighted by Crippen LogP contribution is 1.42. The first kappa shape index (κ1) is 8.98. The maximum atomic E-state index is 8.57. The van der Waals surface area contributed by atoms with Crippen LogP contribution >= 0.6 is 23.2 Å². The highest BCUT2D eigenvalue weighted by atomic mass is 35.5. The summed E-state index contributed by atoms with van der Waals surface area (Å²) < 4.78 is 0. The lowest BCUT2D eigenvalue weighted by molar-refractivity contribution is 0.569. The van der Waals surface area contributed by atoms with E-state index < -0.39 is 0 Å². The van der Waals surface area contributed by atoms with Crippen molar-refractivity contribution in [2.24, 2.45) is 0 Å². The Bertz CT molecular complexity index is 15.1. The molecule has 0 aliphatic rings. The van der Waals surface area contributed by atoms with Crippen molar-refractivity contribution in [1.82, 2.24) is 0 Å². The van der Waals surface area contributed by atoms with Crippen LogP contribution in [0.5, 0.6) is 0 Å². The van der Waals surface area contributed by atoms with E-state index in [1.54, 1.807) is 0 Å². The first-order valence-corrected chi connectivity index (χ1v) is 2.02. The van der Waals surface area contributed by atoms with E-state index in [0.717, 1.165) is 0 Å². The van der Waals surface area contributed by atoms with Gasteiger partial charge in [0.25, 0.3) is 0 Å². The molecule has 0 N–H and O–H groups in total.